The number of pyridine rings is 1. The zero-order valence-electron chi connectivity index (χ0n) is 13.5. The molecule has 9 nitrogen and oxygen atoms in total. The maximum atomic E-state index is 12.3. The Morgan fingerprint density at radius 1 is 1.28 bits per heavy atom. The average Bonchev–Trinajstić information content (AvgIpc) is 2.56. The second-order valence-electron chi connectivity index (χ2n) is 5.03. The summed E-state index contributed by atoms with van der Waals surface area (Å²) in [6.45, 7) is 2.12. The van der Waals surface area contributed by atoms with Crippen molar-refractivity contribution in [3.8, 4) is 0 Å². The first-order valence-electron chi connectivity index (χ1n) is 7.32. The third kappa shape index (κ3) is 5.52. The Morgan fingerprint density at radius 2 is 2.04 bits per heavy atom. The van der Waals surface area contributed by atoms with Crippen LogP contribution in [-0.4, -0.2) is 49.2 Å². The van der Waals surface area contributed by atoms with Gasteiger partial charge < -0.3 is 20.4 Å². The Kier molecular flexibility index (Phi) is 7.99. The predicted octanol–water partition coefficient (Wildman–Crippen LogP) is 0.824. The number of nitro groups is 1. The number of amides is 1. The molecular formula is C15H19ClN4O5. The van der Waals surface area contributed by atoms with Crippen LogP contribution in [0.5, 0.6) is 0 Å². The van der Waals surface area contributed by atoms with Gasteiger partial charge >= 0.3 is 0 Å². The Bertz CT molecular complexity index is 808. The van der Waals surface area contributed by atoms with E-state index < -0.39 is 16.4 Å². The van der Waals surface area contributed by atoms with E-state index in [2.05, 4.69) is 15.6 Å². The summed E-state index contributed by atoms with van der Waals surface area (Å²) in [5.74, 6) is -0.458. The maximum Gasteiger partial charge on any atom is 0.270 e. The van der Waals surface area contributed by atoms with E-state index in [0.29, 0.717) is 37.1 Å². The van der Waals surface area contributed by atoms with Crippen LogP contribution in [0, 0.1) is 10.1 Å². The minimum atomic E-state index is -0.550. The van der Waals surface area contributed by atoms with Crippen LogP contribution in [0.15, 0.2) is 29.1 Å². The lowest BCUT2D eigenvalue weighted by molar-refractivity contribution is -0.384. The first kappa shape index (κ1) is 20.6. The van der Waals surface area contributed by atoms with Gasteiger partial charge in [-0.15, -0.1) is 12.4 Å². The van der Waals surface area contributed by atoms with E-state index in [4.69, 9.17) is 4.74 Å². The normalized spacial score (nSPS) is 10.3. The molecule has 3 N–H and O–H groups in total. The maximum absolute atomic E-state index is 12.3. The number of rotatable bonds is 8. The van der Waals surface area contributed by atoms with Crippen LogP contribution in [-0.2, 0) is 4.74 Å². The lowest BCUT2D eigenvalue weighted by Crippen LogP contribution is -2.33. The molecule has 0 aliphatic rings. The molecule has 0 atom stereocenters. The fraction of sp³-hybridized carbons (Fsp3) is 0.333. The molecule has 0 bridgehead atoms. The number of nitro benzene ring substituents is 1. The zero-order valence-corrected chi connectivity index (χ0v) is 14.4. The van der Waals surface area contributed by atoms with E-state index in [1.54, 1.807) is 7.11 Å². The lowest BCUT2D eigenvalue weighted by Gasteiger charge is -2.08. The molecule has 1 aromatic heterocycles. The quantitative estimate of drug-likeness (QED) is 0.359. The second kappa shape index (κ2) is 9.72. The van der Waals surface area contributed by atoms with Gasteiger partial charge in [0.2, 0.25) is 5.56 Å². The van der Waals surface area contributed by atoms with Crippen molar-refractivity contribution in [1.82, 2.24) is 15.6 Å². The molecule has 1 aromatic carbocycles. The number of non-ortho nitro benzene ring substituents is 1. The topological polar surface area (TPSA) is 126 Å². The molecule has 2 aromatic rings. The number of benzene rings is 1. The third-order valence-corrected chi connectivity index (χ3v) is 3.35. The van der Waals surface area contributed by atoms with Crippen molar-refractivity contribution in [1.29, 1.82) is 0 Å². The van der Waals surface area contributed by atoms with E-state index in [-0.39, 0.29) is 23.7 Å². The summed E-state index contributed by atoms with van der Waals surface area (Å²) in [6, 6.07) is 5.11. The van der Waals surface area contributed by atoms with Crippen molar-refractivity contribution in [2.75, 3.05) is 33.4 Å². The number of nitrogens with zero attached hydrogens (tertiary/aromatic N) is 1. The Balaban J connectivity index is 0.00000312. The van der Waals surface area contributed by atoms with Crippen molar-refractivity contribution in [2.24, 2.45) is 0 Å². The van der Waals surface area contributed by atoms with Crippen LogP contribution in [0.2, 0.25) is 0 Å². The van der Waals surface area contributed by atoms with Crippen molar-refractivity contribution in [2.45, 2.75) is 0 Å². The molecule has 0 fully saturated rings. The van der Waals surface area contributed by atoms with Crippen molar-refractivity contribution >= 4 is 34.9 Å². The number of H-pyrrole nitrogens is 1. The highest BCUT2D eigenvalue weighted by Crippen LogP contribution is 2.21. The number of nitrogens with one attached hydrogen (secondary N) is 3. The summed E-state index contributed by atoms with van der Waals surface area (Å²) in [5.41, 5.74) is -0.115. The Morgan fingerprint density at radius 3 is 2.72 bits per heavy atom. The Labute approximate surface area is 149 Å². The van der Waals surface area contributed by atoms with Gasteiger partial charge in [0.25, 0.3) is 11.6 Å². The van der Waals surface area contributed by atoms with E-state index in [1.165, 1.54) is 18.2 Å². The summed E-state index contributed by atoms with van der Waals surface area (Å²) < 4.78 is 4.89. The first-order valence-corrected chi connectivity index (χ1v) is 7.32. The number of halogens is 1. The van der Waals surface area contributed by atoms with E-state index in [1.807, 2.05) is 0 Å². The highest BCUT2D eigenvalue weighted by Gasteiger charge is 2.15. The number of carbonyl (C=O) groups excluding carboxylic acids is 1. The lowest BCUT2D eigenvalue weighted by atomic mass is 10.1. The van der Waals surface area contributed by atoms with Gasteiger partial charge in [0.05, 0.1) is 17.1 Å². The summed E-state index contributed by atoms with van der Waals surface area (Å²) in [7, 11) is 1.60. The highest BCUT2D eigenvalue weighted by atomic mass is 35.5. The summed E-state index contributed by atoms with van der Waals surface area (Å²) >= 11 is 0. The Hall–Kier alpha value is -2.49. The van der Waals surface area contributed by atoms with Gasteiger partial charge in [0, 0.05) is 55.8 Å². The second-order valence-corrected chi connectivity index (χ2v) is 5.03. The molecule has 0 unspecified atom stereocenters. The van der Waals surface area contributed by atoms with Gasteiger partial charge in [-0.1, -0.05) is 0 Å². The minimum absolute atomic E-state index is 0. The largest absolute Gasteiger partial charge is 0.383 e. The van der Waals surface area contributed by atoms with Crippen LogP contribution >= 0.6 is 12.4 Å². The summed E-state index contributed by atoms with van der Waals surface area (Å²) in [4.78, 5) is 36.9. The van der Waals surface area contributed by atoms with E-state index in [0.717, 1.165) is 6.07 Å². The monoisotopic (exact) mass is 370 g/mol. The number of methoxy groups -OCH3 is 1. The van der Waals surface area contributed by atoms with Gasteiger partial charge in [-0.3, -0.25) is 19.7 Å². The molecule has 0 aliphatic heterocycles. The number of aromatic amines is 1. The number of hydrogen-bond acceptors (Lipinski definition) is 6. The molecule has 2 rings (SSSR count). The SMILES string of the molecule is COCCNCCNC(=O)c1cc(=O)[nH]c2ccc([N+](=O)[O-])cc12.Cl. The first-order chi connectivity index (χ1) is 11.5. The molecule has 1 amide bonds. The molecule has 0 radical (unpaired) electrons. The minimum Gasteiger partial charge on any atom is -0.383 e. The molecule has 0 saturated carbocycles. The van der Waals surface area contributed by atoms with Gasteiger partial charge in [-0.2, -0.15) is 0 Å². The smallest absolute Gasteiger partial charge is 0.270 e. The van der Waals surface area contributed by atoms with Crippen LogP contribution < -0.4 is 16.2 Å². The molecule has 25 heavy (non-hydrogen) atoms. The zero-order chi connectivity index (χ0) is 17.5. The molecule has 1 heterocycles. The number of ether oxygens (including phenoxy) is 1. The molecule has 0 aliphatic carbocycles. The fourth-order valence-electron chi connectivity index (χ4n) is 2.20. The van der Waals surface area contributed by atoms with Crippen molar-refractivity contribution in [3.05, 3.63) is 50.3 Å². The van der Waals surface area contributed by atoms with Gasteiger partial charge in [-0.25, -0.2) is 0 Å². The number of carbonyl (C=O) groups is 1. The van der Waals surface area contributed by atoms with Gasteiger partial charge in [0.1, 0.15) is 0 Å². The summed E-state index contributed by atoms with van der Waals surface area (Å²) in [5, 5.41) is 17.0. The van der Waals surface area contributed by atoms with Crippen LogP contribution in [0.25, 0.3) is 10.9 Å². The summed E-state index contributed by atoms with van der Waals surface area (Å²) in [6.07, 6.45) is 0. The number of aromatic nitrogens is 1. The number of hydrogen-bond donors (Lipinski definition) is 3. The fourth-order valence-corrected chi connectivity index (χ4v) is 2.20. The van der Waals surface area contributed by atoms with Crippen molar-refractivity contribution in [3.63, 3.8) is 0 Å². The molecule has 0 spiro atoms. The average molecular weight is 371 g/mol. The van der Waals surface area contributed by atoms with Crippen LogP contribution in [0.1, 0.15) is 10.4 Å². The van der Waals surface area contributed by atoms with E-state index in [9.17, 15) is 19.7 Å². The van der Waals surface area contributed by atoms with Crippen molar-refractivity contribution < 1.29 is 14.5 Å². The van der Waals surface area contributed by atoms with Gasteiger partial charge in [-0.05, 0) is 6.07 Å². The molecule has 10 heteroatoms. The molecule has 136 valence electrons. The highest BCUT2D eigenvalue weighted by molar-refractivity contribution is 6.06. The van der Waals surface area contributed by atoms with Gasteiger partial charge in [0.15, 0.2) is 0 Å². The molecular weight excluding hydrogens is 352 g/mol. The predicted molar refractivity (Wildman–Crippen MR) is 95.6 cm³/mol. The van der Waals surface area contributed by atoms with Crippen LogP contribution in [0.3, 0.4) is 0 Å². The van der Waals surface area contributed by atoms with Crippen LogP contribution in [0.4, 0.5) is 5.69 Å². The molecule has 0 saturated heterocycles. The standard InChI is InChI=1S/C15H18N4O5.ClH/c1-24-7-6-16-4-5-17-15(21)12-9-14(20)18-13-3-2-10(19(22)23)8-11(12)13;/h2-3,8-9,16H,4-7H2,1H3,(H,17,21)(H,18,20);1H. The third-order valence-electron chi connectivity index (χ3n) is 3.35. The van der Waals surface area contributed by atoms with E-state index >= 15 is 0 Å². The number of fused-ring (bicyclic) bond motifs is 1.